The van der Waals surface area contributed by atoms with Crippen LogP contribution in [0.4, 0.5) is 0 Å². The van der Waals surface area contributed by atoms with Crippen molar-refractivity contribution in [2.75, 3.05) is 13.2 Å². The Kier molecular flexibility index (Phi) is 62.0. The van der Waals surface area contributed by atoms with Crippen LogP contribution in [0.5, 0.6) is 0 Å². The van der Waals surface area contributed by atoms with E-state index in [0.717, 1.165) is 44.9 Å². The minimum atomic E-state index is -0.847. The molecule has 436 valence electrons. The van der Waals surface area contributed by atoms with E-state index in [0.29, 0.717) is 19.4 Å². The van der Waals surface area contributed by atoms with Crippen molar-refractivity contribution in [2.24, 2.45) is 0 Å². The number of ether oxygens (including phenoxy) is 1. The van der Waals surface area contributed by atoms with Crippen LogP contribution in [0, 0.1) is 0 Å². The van der Waals surface area contributed by atoms with Gasteiger partial charge in [-0.2, -0.15) is 0 Å². The molecule has 2 atom stereocenters. The molecule has 0 saturated heterocycles. The lowest BCUT2D eigenvalue weighted by atomic mass is 10.0. The van der Waals surface area contributed by atoms with Crippen molar-refractivity contribution in [1.29, 1.82) is 0 Å². The second kappa shape index (κ2) is 63.6. The number of nitrogens with one attached hydrogen (secondary N) is 1. The average Bonchev–Trinajstić information content (AvgIpc) is 3.40. The van der Waals surface area contributed by atoms with Crippen LogP contribution in [0.1, 0.15) is 361 Å². The summed E-state index contributed by atoms with van der Waals surface area (Å²) in [6.45, 7) is 4.92. The maximum absolute atomic E-state index is 12.5. The number of rotatable bonds is 62. The lowest BCUT2D eigenvalue weighted by molar-refractivity contribution is -0.143. The third-order valence-corrected chi connectivity index (χ3v) is 15.4. The molecule has 0 heterocycles. The van der Waals surface area contributed by atoms with E-state index in [1.165, 1.54) is 289 Å². The number of carbonyl (C=O) groups excluding carboxylic acids is 2. The monoisotopic (exact) mass is 1040 g/mol. The molecule has 0 aliphatic rings. The van der Waals surface area contributed by atoms with Gasteiger partial charge in [-0.3, -0.25) is 9.59 Å². The van der Waals surface area contributed by atoms with E-state index in [1.807, 2.05) is 6.08 Å². The quantitative estimate of drug-likeness (QED) is 0.0320. The first-order chi connectivity index (χ1) is 36.5. The lowest BCUT2D eigenvalue weighted by Crippen LogP contribution is -2.45. The molecule has 0 fully saturated rings. The van der Waals surface area contributed by atoms with Crippen LogP contribution in [0.15, 0.2) is 36.5 Å². The summed E-state index contributed by atoms with van der Waals surface area (Å²) < 4.78 is 5.47. The standard InChI is InChI=1S/C68H129NO5/c1-3-5-7-9-11-13-15-16-17-18-28-31-34-37-41-44-48-52-56-60-66(71)65(64-70)69-67(72)61-57-53-49-45-42-38-35-32-29-26-24-22-20-19-21-23-25-27-30-33-36-39-43-47-51-55-59-63-74-68(73)62-58-54-50-46-40-14-12-10-8-6-4-2/h19-20,23,25,56,60,65-66,70-71H,3-18,21-22,24,26-55,57-59,61-64H2,1-2H3,(H,69,72)/b20-19-,25-23-,60-56+. The van der Waals surface area contributed by atoms with Gasteiger partial charge in [0.2, 0.25) is 5.91 Å². The molecule has 0 rings (SSSR count). The van der Waals surface area contributed by atoms with Crippen LogP contribution in [0.2, 0.25) is 0 Å². The van der Waals surface area contributed by atoms with Crippen LogP contribution < -0.4 is 5.32 Å². The minimum absolute atomic E-state index is 0.0101. The Hall–Kier alpha value is -1.92. The van der Waals surface area contributed by atoms with E-state index in [-0.39, 0.29) is 18.5 Å². The first-order valence-electron chi connectivity index (χ1n) is 33.3. The number of hydrogen-bond donors (Lipinski definition) is 3. The van der Waals surface area contributed by atoms with Gasteiger partial charge in [0.05, 0.1) is 25.4 Å². The molecule has 2 unspecified atom stereocenters. The summed E-state index contributed by atoms with van der Waals surface area (Å²) in [5.41, 5.74) is 0. The molecular weight excluding hydrogens is 911 g/mol. The van der Waals surface area contributed by atoms with Crippen molar-refractivity contribution in [1.82, 2.24) is 5.32 Å². The van der Waals surface area contributed by atoms with Gasteiger partial charge in [-0.15, -0.1) is 0 Å². The number of aliphatic hydroxyl groups excluding tert-OH is 2. The van der Waals surface area contributed by atoms with Gasteiger partial charge in [-0.25, -0.2) is 0 Å². The van der Waals surface area contributed by atoms with Gasteiger partial charge in [0, 0.05) is 12.8 Å². The van der Waals surface area contributed by atoms with Gasteiger partial charge >= 0.3 is 5.97 Å². The Morgan fingerprint density at radius 3 is 1.03 bits per heavy atom. The predicted octanol–water partition coefficient (Wildman–Crippen LogP) is 21.1. The van der Waals surface area contributed by atoms with Gasteiger partial charge in [0.1, 0.15) is 0 Å². The third kappa shape index (κ3) is 59.3. The molecule has 0 aliphatic carbocycles. The van der Waals surface area contributed by atoms with Crippen LogP contribution in [-0.4, -0.2) is 47.4 Å². The Morgan fingerprint density at radius 1 is 0.378 bits per heavy atom. The molecule has 1 amide bonds. The first-order valence-corrected chi connectivity index (χ1v) is 33.3. The van der Waals surface area contributed by atoms with Crippen molar-refractivity contribution in [3.63, 3.8) is 0 Å². The van der Waals surface area contributed by atoms with Crippen molar-refractivity contribution in [3.8, 4) is 0 Å². The number of hydrogen-bond acceptors (Lipinski definition) is 5. The van der Waals surface area contributed by atoms with Crippen molar-refractivity contribution in [2.45, 2.75) is 373 Å². The van der Waals surface area contributed by atoms with Crippen LogP contribution in [-0.2, 0) is 14.3 Å². The fourth-order valence-electron chi connectivity index (χ4n) is 10.3. The topological polar surface area (TPSA) is 95.9 Å². The summed E-state index contributed by atoms with van der Waals surface area (Å²) in [6, 6.07) is -0.631. The highest BCUT2D eigenvalue weighted by atomic mass is 16.5. The molecule has 0 radical (unpaired) electrons. The van der Waals surface area contributed by atoms with Crippen molar-refractivity contribution < 1.29 is 24.5 Å². The Morgan fingerprint density at radius 2 is 0.676 bits per heavy atom. The van der Waals surface area contributed by atoms with Gasteiger partial charge in [-0.1, -0.05) is 320 Å². The number of unbranched alkanes of at least 4 members (excludes halogenated alkanes) is 47. The molecule has 6 heteroatoms. The maximum Gasteiger partial charge on any atom is 0.305 e. The van der Waals surface area contributed by atoms with Gasteiger partial charge in [0.25, 0.3) is 0 Å². The fraction of sp³-hybridized carbons (Fsp3) is 0.882. The van der Waals surface area contributed by atoms with Gasteiger partial charge < -0.3 is 20.3 Å². The molecule has 0 saturated carbocycles. The molecule has 6 nitrogen and oxygen atoms in total. The zero-order valence-corrected chi connectivity index (χ0v) is 49.8. The van der Waals surface area contributed by atoms with Crippen LogP contribution in [0.25, 0.3) is 0 Å². The molecule has 0 aromatic carbocycles. The molecule has 0 aromatic heterocycles. The molecule has 0 spiro atoms. The SMILES string of the molecule is CCCCCCCCCCCCCCCCCCC/C=C/C(O)C(CO)NC(=O)CCCCCCCCCCCCC/C=C\C/C=C\CCCCCCCCCCCOC(=O)CCCCCCCCCCCCC. The molecule has 0 aromatic rings. The largest absolute Gasteiger partial charge is 0.466 e. The summed E-state index contributed by atoms with van der Waals surface area (Å²) >= 11 is 0. The van der Waals surface area contributed by atoms with Gasteiger partial charge in [0.15, 0.2) is 0 Å². The average molecular weight is 1040 g/mol. The predicted molar refractivity (Wildman–Crippen MR) is 324 cm³/mol. The van der Waals surface area contributed by atoms with Crippen molar-refractivity contribution >= 4 is 11.9 Å². The highest BCUT2D eigenvalue weighted by molar-refractivity contribution is 5.76. The van der Waals surface area contributed by atoms with E-state index < -0.39 is 12.1 Å². The zero-order chi connectivity index (χ0) is 53.6. The van der Waals surface area contributed by atoms with E-state index >= 15 is 0 Å². The Labute approximate surface area is 462 Å². The second-order valence-corrected chi connectivity index (χ2v) is 22.8. The summed E-state index contributed by atoms with van der Waals surface area (Å²) in [4.78, 5) is 24.5. The van der Waals surface area contributed by atoms with E-state index in [2.05, 4.69) is 43.5 Å². The maximum atomic E-state index is 12.5. The second-order valence-electron chi connectivity index (χ2n) is 22.8. The fourth-order valence-corrected chi connectivity index (χ4v) is 10.3. The summed E-state index contributed by atoms with van der Waals surface area (Å²) in [7, 11) is 0. The minimum Gasteiger partial charge on any atom is -0.466 e. The Balaban J connectivity index is 3.45. The van der Waals surface area contributed by atoms with E-state index in [4.69, 9.17) is 4.74 Å². The summed E-state index contributed by atoms with van der Waals surface area (Å²) in [5.74, 6) is -0.0583. The highest BCUT2D eigenvalue weighted by Gasteiger charge is 2.18. The number of aliphatic hydroxyl groups is 2. The van der Waals surface area contributed by atoms with E-state index in [1.54, 1.807) is 6.08 Å². The molecule has 3 N–H and O–H groups in total. The zero-order valence-electron chi connectivity index (χ0n) is 49.8. The Bertz CT molecular complexity index is 1200. The highest BCUT2D eigenvalue weighted by Crippen LogP contribution is 2.18. The normalized spacial score (nSPS) is 12.8. The summed E-state index contributed by atoms with van der Waals surface area (Å²) in [6.07, 6.45) is 80.6. The smallest absolute Gasteiger partial charge is 0.305 e. The first kappa shape index (κ1) is 72.1. The third-order valence-electron chi connectivity index (χ3n) is 15.4. The molecule has 74 heavy (non-hydrogen) atoms. The van der Waals surface area contributed by atoms with Crippen LogP contribution >= 0.6 is 0 Å². The number of amides is 1. The number of esters is 1. The van der Waals surface area contributed by atoms with Gasteiger partial charge in [-0.05, 0) is 64.2 Å². The van der Waals surface area contributed by atoms with Crippen LogP contribution in [0.3, 0.4) is 0 Å². The van der Waals surface area contributed by atoms with Crippen molar-refractivity contribution in [3.05, 3.63) is 36.5 Å². The molecule has 0 aliphatic heterocycles. The van der Waals surface area contributed by atoms with E-state index in [9.17, 15) is 19.8 Å². The number of allylic oxidation sites excluding steroid dienone is 5. The number of carbonyl (C=O) groups is 2. The summed E-state index contributed by atoms with van der Waals surface area (Å²) in [5, 5.41) is 23.2. The molecular formula is C68H129NO5. The lowest BCUT2D eigenvalue weighted by Gasteiger charge is -2.20. The molecule has 0 bridgehead atoms.